The number of anilines is 1. The van der Waals surface area contributed by atoms with Crippen LogP contribution in [0.1, 0.15) is 11.4 Å². The Morgan fingerprint density at radius 3 is 2.89 bits per heavy atom. The van der Waals surface area contributed by atoms with E-state index in [2.05, 4.69) is 19.8 Å². The van der Waals surface area contributed by atoms with Crippen molar-refractivity contribution >= 4 is 57.9 Å². The highest BCUT2D eigenvalue weighted by Gasteiger charge is 2.53. The van der Waals surface area contributed by atoms with Crippen LogP contribution in [0.2, 0.25) is 0 Å². The quantitative estimate of drug-likeness (QED) is 0.126. The monoisotopic (exact) mass is 559 g/mol. The lowest BCUT2D eigenvalue weighted by atomic mass is 10.0. The van der Waals surface area contributed by atoms with E-state index in [1.165, 1.54) is 18.9 Å². The predicted molar refractivity (Wildman–Crippen MR) is 132 cm³/mol. The largest absolute Gasteiger partial charge is 0.543 e. The molecule has 2 amide bonds. The molecule has 0 spiro atoms. The number of aliphatic carboxylic acids is 2. The van der Waals surface area contributed by atoms with E-state index in [9.17, 15) is 24.3 Å². The van der Waals surface area contributed by atoms with E-state index >= 15 is 0 Å². The number of fused-ring (bicyclic) bond motifs is 1. The van der Waals surface area contributed by atoms with Crippen molar-refractivity contribution in [2.75, 3.05) is 18.6 Å². The molecule has 1 unspecified atom stereocenters. The van der Waals surface area contributed by atoms with Gasteiger partial charge >= 0.3 is 5.97 Å². The third kappa shape index (κ3) is 5.65. The van der Waals surface area contributed by atoms with Crippen molar-refractivity contribution in [3.05, 3.63) is 59.3 Å². The number of carbonyl (C=O) groups is 4. The highest BCUT2D eigenvalue weighted by Crippen LogP contribution is 2.40. The molecule has 198 valence electrons. The zero-order chi connectivity index (χ0) is 27.4. The Labute approximate surface area is 223 Å². The molecule has 1 fully saturated rings. The first-order chi connectivity index (χ1) is 18.2. The molecule has 2 aromatic rings. The molecular weight excluding hydrogens is 538 g/mol. The number of allylic oxidation sites excluding steroid dienone is 2. The summed E-state index contributed by atoms with van der Waals surface area (Å²) in [6, 6.07) is 2.40. The van der Waals surface area contributed by atoms with Gasteiger partial charge in [0.15, 0.2) is 24.1 Å². The lowest BCUT2D eigenvalue weighted by Gasteiger charge is -2.50. The number of nitrogens with two attached hydrogens (primary N) is 1. The van der Waals surface area contributed by atoms with Crippen LogP contribution < -0.4 is 20.7 Å². The van der Waals surface area contributed by atoms with Gasteiger partial charge in [-0.2, -0.15) is 9.36 Å². The van der Waals surface area contributed by atoms with Crippen LogP contribution in [0.15, 0.2) is 53.1 Å². The standard InChI is InChI=1S/C22H21N7O7S2/c1-36-26-14(17-25-22(23)38-27-17)18(32)24-15-19(33)29-16(21(34)35)12(10-37-20(15)29)5-3-7-28-6-2-4-11(9-28)8-13(30)31/h2-6,9,15,20H,7-8,10H2,1H3,(H4-,23,24,25,27,30,31,32,34,35)/t15?,20-/m0/s1. The number of β-lactam (4-membered cyclic amide) rings is 1. The second kappa shape index (κ2) is 11.4. The van der Waals surface area contributed by atoms with Gasteiger partial charge in [0.25, 0.3) is 11.8 Å². The maximum absolute atomic E-state index is 12.9. The number of nitrogens with one attached hydrogen (secondary N) is 1. The summed E-state index contributed by atoms with van der Waals surface area (Å²) in [4.78, 5) is 58.3. The number of amides is 2. The number of hydrogen-bond donors (Lipinski definition) is 3. The van der Waals surface area contributed by atoms with Crippen LogP contribution in [0.5, 0.6) is 0 Å². The minimum Gasteiger partial charge on any atom is -0.543 e. The molecule has 4 heterocycles. The van der Waals surface area contributed by atoms with Crippen LogP contribution in [0.25, 0.3) is 0 Å². The van der Waals surface area contributed by atoms with Gasteiger partial charge in [-0.15, -0.1) is 11.8 Å². The molecule has 38 heavy (non-hydrogen) atoms. The maximum atomic E-state index is 12.9. The SMILES string of the molecule is CON=C(C(=O)NC1C(=O)N2C(C(=O)[O-])=C(C=CC[n+]3cccc(CC(=O)O)c3)CS[C@@H]12)c1nsc(N)n1. The van der Waals surface area contributed by atoms with Gasteiger partial charge in [-0.05, 0) is 17.7 Å². The molecule has 0 bridgehead atoms. The Bertz CT molecular complexity index is 1390. The first-order valence-electron chi connectivity index (χ1n) is 11.0. The zero-order valence-electron chi connectivity index (χ0n) is 19.8. The average Bonchev–Trinajstić information content (AvgIpc) is 3.30. The van der Waals surface area contributed by atoms with Crippen LogP contribution in [0.3, 0.4) is 0 Å². The Kier molecular flexibility index (Phi) is 8.02. The molecule has 0 aliphatic carbocycles. The van der Waals surface area contributed by atoms with E-state index in [-0.39, 0.29) is 34.5 Å². The van der Waals surface area contributed by atoms with Crippen LogP contribution >= 0.6 is 23.3 Å². The summed E-state index contributed by atoms with van der Waals surface area (Å²) < 4.78 is 5.67. The molecule has 16 heteroatoms. The Morgan fingerprint density at radius 2 is 2.24 bits per heavy atom. The molecule has 0 radical (unpaired) electrons. The molecule has 2 aromatic heterocycles. The Hall–Kier alpha value is -4.31. The molecule has 4 rings (SSSR count). The van der Waals surface area contributed by atoms with Gasteiger partial charge in [-0.3, -0.25) is 19.3 Å². The number of pyridine rings is 1. The third-order valence-corrected chi connectivity index (χ3v) is 7.28. The zero-order valence-corrected chi connectivity index (χ0v) is 21.4. The highest BCUT2D eigenvalue weighted by atomic mass is 32.2. The summed E-state index contributed by atoms with van der Waals surface area (Å²) in [6.45, 7) is 0.342. The van der Waals surface area contributed by atoms with Crippen molar-refractivity contribution < 1.29 is 38.8 Å². The summed E-state index contributed by atoms with van der Waals surface area (Å²) >= 11 is 2.13. The van der Waals surface area contributed by atoms with Crippen molar-refractivity contribution in [1.29, 1.82) is 0 Å². The molecule has 14 nitrogen and oxygen atoms in total. The van der Waals surface area contributed by atoms with Gasteiger partial charge in [0.1, 0.15) is 18.5 Å². The van der Waals surface area contributed by atoms with Crippen molar-refractivity contribution in [3.8, 4) is 0 Å². The molecular formula is C22H21N7O7S2. The summed E-state index contributed by atoms with van der Waals surface area (Å²) in [5, 5.41) is 26.5. The summed E-state index contributed by atoms with van der Waals surface area (Å²) in [5.41, 5.74) is 6.00. The predicted octanol–water partition coefficient (Wildman–Crippen LogP) is -1.95. The number of thioether (sulfide) groups is 1. The first-order valence-corrected chi connectivity index (χ1v) is 12.8. The topological polar surface area (TPSA) is 204 Å². The number of rotatable bonds is 10. The van der Waals surface area contributed by atoms with E-state index < -0.39 is 35.2 Å². The number of carboxylic acids is 2. The second-order valence-corrected chi connectivity index (χ2v) is 9.87. The lowest BCUT2D eigenvalue weighted by Crippen LogP contribution is -2.71. The first kappa shape index (κ1) is 26.7. The summed E-state index contributed by atoms with van der Waals surface area (Å²) in [5.74, 6) is -3.70. The van der Waals surface area contributed by atoms with Crippen molar-refractivity contribution in [2.24, 2.45) is 5.16 Å². The van der Waals surface area contributed by atoms with Crippen molar-refractivity contribution in [3.63, 3.8) is 0 Å². The van der Waals surface area contributed by atoms with Crippen LogP contribution in [-0.4, -0.2) is 73.1 Å². The highest BCUT2D eigenvalue weighted by molar-refractivity contribution is 8.00. The molecule has 1 saturated heterocycles. The smallest absolute Gasteiger partial charge is 0.308 e. The second-order valence-electron chi connectivity index (χ2n) is 7.98. The van der Waals surface area contributed by atoms with E-state index in [1.807, 2.05) is 0 Å². The molecule has 2 aliphatic rings. The fourth-order valence-corrected chi connectivity index (χ4v) is 5.61. The third-order valence-electron chi connectivity index (χ3n) is 5.44. The number of carboxylic acid groups (broad SMARTS) is 2. The Balaban J connectivity index is 1.47. The molecule has 2 atom stereocenters. The van der Waals surface area contributed by atoms with Gasteiger partial charge in [0, 0.05) is 28.9 Å². The maximum Gasteiger partial charge on any atom is 0.308 e. The average molecular weight is 560 g/mol. The van der Waals surface area contributed by atoms with E-state index in [4.69, 9.17) is 15.7 Å². The van der Waals surface area contributed by atoms with Crippen LogP contribution in [0, 0.1) is 0 Å². The molecule has 2 aliphatic heterocycles. The van der Waals surface area contributed by atoms with Crippen molar-refractivity contribution in [1.82, 2.24) is 19.6 Å². The lowest BCUT2D eigenvalue weighted by molar-refractivity contribution is -0.687. The van der Waals surface area contributed by atoms with Gasteiger partial charge in [0.2, 0.25) is 11.5 Å². The number of nitrogens with zero attached hydrogens (tertiary/aromatic N) is 5. The normalized spacial score (nSPS) is 19.2. The fraction of sp³-hybridized carbons (Fsp3) is 0.273. The number of oxime groups is 1. The molecule has 4 N–H and O–H groups in total. The van der Waals surface area contributed by atoms with Crippen LogP contribution in [0.4, 0.5) is 5.13 Å². The van der Waals surface area contributed by atoms with Crippen LogP contribution in [-0.2, 0) is 37.0 Å². The summed E-state index contributed by atoms with van der Waals surface area (Å²) in [7, 11) is 1.23. The molecule has 0 saturated carbocycles. The number of hydrogen-bond acceptors (Lipinski definition) is 12. The van der Waals surface area contributed by atoms with Gasteiger partial charge < -0.3 is 30.9 Å². The van der Waals surface area contributed by atoms with Gasteiger partial charge in [-0.25, -0.2) is 4.57 Å². The minimum atomic E-state index is -1.52. The van der Waals surface area contributed by atoms with E-state index in [0.29, 0.717) is 17.7 Å². The number of aromatic nitrogens is 3. The number of nitrogen functional groups attached to an aromatic ring is 1. The number of carbonyl (C=O) groups excluding carboxylic acids is 3. The van der Waals surface area contributed by atoms with Crippen molar-refractivity contribution in [2.45, 2.75) is 24.4 Å². The van der Waals surface area contributed by atoms with E-state index in [1.54, 1.807) is 41.2 Å². The van der Waals surface area contributed by atoms with E-state index in [0.717, 1.165) is 16.4 Å². The summed E-state index contributed by atoms with van der Waals surface area (Å²) in [6.07, 6.45) is 6.60. The Morgan fingerprint density at radius 1 is 1.45 bits per heavy atom. The van der Waals surface area contributed by atoms with Gasteiger partial charge in [-0.1, -0.05) is 11.2 Å². The minimum absolute atomic E-state index is 0.0686. The molecule has 0 aromatic carbocycles. The fourth-order valence-electron chi connectivity index (χ4n) is 3.86. The van der Waals surface area contributed by atoms with Gasteiger partial charge in [0.05, 0.1) is 18.1 Å².